The summed E-state index contributed by atoms with van der Waals surface area (Å²) in [4.78, 5) is 38.2. The maximum Gasteiger partial charge on any atom is 0.410 e. The van der Waals surface area contributed by atoms with E-state index in [1.165, 1.54) is 22.9 Å². The van der Waals surface area contributed by atoms with Crippen LogP contribution in [0.15, 0.2) is 6.33 Å². The second-order valence-corrected chi connectivity index (χ2v) is 8.24. The monoisotopic (exact) mass is 489 g/mol. The van der Waals surface area contributed by atoms with Crippen molar-refractivity contribution in [3.63, 3.8) is 0 Å². The van der Waals surface area contributed by atoms with Crippen molar-refractivity contribution in [3.8, 4) is 11.8 Å². The first-order valence-corrected chi connectivity index (χ1v) is 11.1. The van der Waals surface area contributed by atoms with Crippen LogP contribution in [0.4, 0.5) is 10.6 Å². The van der Waals surface area contributed by atoms with Gasteiger partial charge in [-0.2, -0.15) is 0 Å². The number of nitrogens with one attached hydrogen (secondary N) is 1. The second kappa shape index (κ2) is 10.4. The van der Waals surface area contributed by atoms with Gasteiger partial charge in [-0.1, -0.05) is 5.92 Å². The number of hydrogen-bond donors (Lipinski definition) is 5. The number of rotatable bonds is 7. The molecule has 14 heteroatoms. The molecule has 0 spiro atoms. The first-order valence-electron chi connectivity index (χ1n) is 11.1. The smallest absolute Gasteiger partial charge is 0.410 e. The lowest BCUT2D eigenvalue weighted by Gasteiger charge is -2.17. The molecule has 0 bridgehead atoms. The number of aromatic nitrogens is 4. The third kappa shape index (κ3) is 5.28. The SMILES string of the molecule is COC(=O)N(CC#Cc1nc(N)c2ncn([C@@H]3O[C@H](C(=O)NC4CC4)[C@H](O)C3O)c2n1)CCCO. The molecule has 2 fully saturated rings. The summed E-state index contributed by atoms with van der Waals surface area (Å²) in [6.45, 7) is 0.164. The predicted molar refractivity (Wildman–Crippen MR) is 119 cm³/mol. The summed E-state index contributed by atoms with van der Waals surface area (Å²) in [5.41, 5.74) is 6.43. The molecule has 4 rings (SSSR count). The number of nitrogen functional groups attached to an aromatic ring is 1. The standard InChI is InChI=1S/C21H27N7O7/c1-34-21(33)27(8-3-9-29)7-2-4-12-25-17(22)13-18(26-12)28(10-23-13)20-15(31)14(30)16(35-20)19(32)24-11-5-6-11/h10-11,14-16,20,29-31H,3,5-9H2,1H3,(H,24,32)(H2,22,25,26)/t14-,15?,16+,20-/m1/s1. The van der Waals surface area contributed by atoms with Gasteiger partial charge in [-0.05, 0) is 25.2 Å². The zero-order valence-electron chi connectivity index (χ0n) is 19.0. The zero-order valence-corrected chi connectivity index (χ0v) is 19.0. The topological polar surface area (TPSA) is 198 Å². The Morgan fingerprint density at radius 1 is 1.34 bits per heavy atom. The summed E-state index contributed by atoms with van der Waals surface area (Å²) in [6.07, 6.45) is -2.44. The number of aliphatic hydroxyl groups excluding tert-OH is 3. The Morgan fingerprint density at radius 2 is 2.11 bits per heavy atom. The lowest BCUT2D eigenvalue weighted by molar-refractivity contribution is -0.137. The van der Waals surface area contributed by atoms with Crippen LogP contribution in [-0.4, -0.2) is 103 Å². The average Bonchev–Trinajstić information content (AvgIpc) is 3.48. The van der Waals surface area contributed by atoms with E-state index >= 15 is 0 Å². The molecule has 1 saturated carbocycles. The van der Waals surface area contributed by atoms with Gasteiger partial charge >= 0.3 is 6.09 Å². The van der Waals surface area contributed by atoms with Gasteiger partial charge in [-0.3, -0.25) is 14.3 Å². The van der Waals surface area contributed by atoms with Crippen molar-refractivity contribution in [1.82, 2.24) is 29.7 Å². The fourth-order valence-electron chi connectivity index (χ4n) is 3.64. The van der Waals surface area contributed by atoms with Gasteiger partial charge in [0.25, 0.3) is 5.91 Å². The number of aliphatic hydroxyl groups is 3. The molecule has 2 aromatic rings. The fraction of sp³-hybridized carbons (Fsp3) is 0.571. The van der Waals surface area contributed by atoms with E-state index in [2.05, 4.69) is 32.1 Å². The Morgan fingerprint density at radius 3 is 2.80 bits per heavy atom. The number of imidazole rings is 1. The molecule has 4 atom stereocenters. The molecule has 0 aromatic carbocycles. The van der Waals surface area contributed by atoms with Crippen molar-refractivity contribution in [2.24, 2.45) is 0 Å². The second-order valence-electron chi connectivity index (χ2n) is 8.24. The highest BCUT2D eigenvalue weighted by Crippen LogP contribution is 2.33. The summed E-state index contributed by atoms with van der Waals surface area (Å²) < 4.78 is 11.8. The number of ether oxygens (including phenoxy) is 2. The molecule has 2 aromatic heterocycles. The number of nitrogens with zero attached hydrogens (tertiary/aromatic N) is 5. The normalized spacial score (nSPS) is 23.5. The summed E-state index contributed by atoms with van der Waals surface area (Å²) in [7, 11) is 1.25. The van der Waals surface area contributed by atoms with Gasteiger partial charge in [-0.25, -0.2) is 19.7 Å². The van der Waals surface area contributed by atoms with E-state index in [1.54, 1.807) is 0 Å². The van der Waals surface area contributed by atoms with Crippen LogP contribution in [0.5, 0.6) is 0 Å². The number of amides is 2. The van der Waals surface area contributed by atoms with Gasteiger partial charge in [0.15, 0.2) is 23.8 Å². The minimum absolute atomic E-state index is 0.00165. The minimum Gasteiger partial charge on any atom is -0.453 e. The van der Waals surface area contributed by atoms with E-state index in [-0.39, 0.29) is 48.5 Å². The van der Waals surface area contributed by atoms with Crippen LogP contribution in [0.1, 0.15) is 31.3 Å². The highest BCUT2D eigenvalue weighted by molar-refractivity contribution is 5.83. The van der Waals surface area contributed by atoms with Crippen molar-refractivity contribution < 1.29 is 34.4 Å². The first kappa shape index (κ1) is 24.6. The van der Waals surface area contributed by atoms with Crippen molar-refractivity contribution >= 4 is 29.0 Å². The molecule has 2 aliphatic rings. The molecule has 0 radical (unpaired) electrons. The number of carbonyl (C=O) groups excluding carboxylic acids is 2. The van der Waals surface area contributed by atoms with Crippen molar-refractivity contribution in [2.45, 2.75) is 49.8 Å². The van der Waals surface area contributed by atoms with E-state index in [4.69, 9.17) is 20.3 Å². The highest BCUT2D eigenvalue weighted by Gasteiger charge is 2.48. The van der Waals surface area contributed by atoms with Crippen LogP contribution in [-0.2, 0) is 14.3 Å². The van der Waals surface area contributed by atoms with E-state index in [0.717, 1.165) is 12.8 Å². The Kier molecular flexibility index (Phi) is 7.31. The van der Waals surface area contributed by atoms with Crippen LogP contribution < -0.4 is 11.1 Å². The summed E-state index contributed by atoms with van der Waals surface area (Å²) in [6, 6.07) is 0.0657. The highest BCUT2D eigenvalue weighted by atomic mass is 16.6. The van der Waals surface area contributed by atoms with Crippen LogP contribution in [0, 0.1) is 11.8 Å². The average molecular weight is 489 g/mol. The molecule has 35 heavy (non-hydrogen) atoms. The number of nitrogens with two attached hydrogens (primary N) is 1. The minimum atomic E-state index is -1.45. The number of anilines is 1. The van der Waals surface area contributed by atoms with Gasteiger partial charge < -0.3 is 35.8 Å². The molecule has 14 nitrogen and oxygen atoms in total. The summed E-state index contributed by atoms with van der Waals surface area (Å²) in [5, 5.41) is 32.7. The molecular weight excluding hydrogens is 462 g/mol. The fourth-order valence-corrected chi connectivity index (χ4v) is 3.64. The molecule has 3 heterocycles. The van der Waals surface area contributed by atoms with Crippen molar-refractivity contribution in [1.29, 1.82) is 0 Å². The van der Waals surface area contributed by atoms with Crippen LogP contribution >= 0.6 is 0 Å². The van der Waals surface area contributed by atoms with Crippen LogP contribution in [0.25, 0.3) is 11.2 Å². The molecule has 1 aliphatic heterocycles. The number of carbonyl (C=O) groups is 2. The van der Waals surface area contributed by atoms with Gasteiger partial charge in [0.05, 0.1) is 20.0 Å². The maximum absolute atomic E-state index is 12.4. The lowest BCUT2D eigenvalue weighted by atomic mass is 10.1. The predicted octanol–water partition coefficient (Wildman–Crippen LogP) is -1.89. The van der Waals surface area contributed by atoms with Crippen LogP contribution in [0.2, 0.25) is 0 Å². The van der Waals surface area contributed by atoms with Crippen LogP contribution in [0.3, 0.4) is 0 Å². The maximum atomic E-state index is 12.4. The first-order chi connectivity index (χ1) is 16.8. The summed E-state index contributed by atoms with van der Waals surface area (Å²) in [5.74, 6) is 5.05. The van der Waals surface area contributed by atoms with Gasteiger partial charge in [0.2, 0.25) is 5.82 Å². The Bertz CT molecular complexity index is 1160. The third-order valence-electron chi connectivity index (χ3n) is 5.63. The molecule has 2 amide bonds. The van der Waals surface area contributed by atoms with Crippen molar-refractivity contribution in [2.75, 3.05) is 32.5 Å². The number of hydrogen-bond acceptors (Lipinski definition) is 11. The molecule has 6 N–H and O–H groups in total. The van der Waals surface area contributed by atoms with E-state index in [9.17, 15) is 19.8 Å². The largest absolute Gasteiger partial charge is 0.453 e. The van der Waals surface area contributed by atoms with E-state index < -0.39 is 36.5 Å². The van der Waals surface area contributed by atoms with Gasteiger partial charge in [0.1, 0.15) is 17.7 Å². The van der Waals surface area contributed by atoms with Gasteiger partial charge in [0, 0.05) is 19.2 Å². The molecule has 1 aliphatic carbocycles. The Labute approximate surface area is 200 Å². The molecule has 1 unspecified atom stereocenters. The van der Waals surface area contributed by atoms with Crippen molar-refractivity contribution in [3.05, 3.63) is 12.2 Å². The zero-order chi connectivity index (χ0) is 25.1. The number of fused-ring (bicyclic) bond motifs is 1. The Hall–Kier alpha value is -3.51. The molecule has 188 valence electrons. The lowest BCUT2D eigenvalue weighted by Crippen LogP contribution is -2.43. The third-order valence-corrected chi connectivity index (χ3v) is 5.63. The Balaban J connectivity index is 1.56. The number of methoxy groups -OCH3 is 1. The van der Waals surface area contributed by atoms with E-state index in [1.807, 2.05) is 0 Å². The van der Waals surface area contributed by atoms with Gasteiger partial charge in [-0.15, -0.1) is 0 Å². The quantitative estimate of drug-likeness (QED) is 0.272. The molecule has 1 saturated heterocycles. The van der Waals surface area contributed by atoms with E-state index in [0.29, 0.717) is 6.42 Å². The molecular formula is C21H27N7O7. The summed E-state index contributed by atoms with van der Waals surface area (Å²) >= 11 is 0.